The van der Waals surface area contributed by atoms with Gasteiger partial charge in [0.25, 0.3) is 0 Å². The third-order valence-electron chi connectivity index (χ3n) is 6.11. The molecule has 204 valence electrons. The molecule has 0 saturated heterocycles. The second-order valence-corrected chi connectivity index (χ2v) is 11.0. The summed E-state index contributed by atoms with van der Waals surface area (Å²) in [5.74, 6) is 0.753. The molecule has 0 aliphatic rings. The van der Waals surface area contributed by atoms with Gasteiger partial charge >= 0.3 is 0 Å². The van der Waals surface area contributed by atoms with E-state index < -0.39 is 10.0 Å². The summed E-state index contributed by atoms with van der Waals surface area (Å²) in [5.41, 5.74) is 2.13. The number of fused-ring (bicyclic) bond motifs is 1. The molecule has 1 N–H and O–H groups in total. The zero-order valence-electron chi connectivity index (χ0n) is 22.2. The highest BCUT2D eigenvalue weighted by Gasteiger charge is 2.20. The monoisotopic (exact) mass is 550 g/mol. The second kappa shape index (κ2) is 14.4. The number of nitrogens with one attached hydrogen (secondary N) is 1. The van der Waals surface area contributed by atoms with Crippen molar-refractivity contribution >= 4 is 44.9 Å². The molecule has 0 saturated carbocycles. The topological polar surface area (TPSA) is 88.8 Å². The Bertz CT molecular complexity index is 1250. The molecule has 37 heavy (non-hydrogen) atoms. The lowest BCUT2D eigenvalue weighted by Gasteiger charge is -2.21. The van der Waals surface area contributed by atoms with E-state index in [0.717, 1.165) is 38.1 Å². The smallest absolute Gasteiger partial charge is 0.229 e. The Hall–Kier alpha value is -2.55. The molecule has 3 rings (SSSR count). The maximum atomic E-state index is 13.1. The SMILES string of the molecule is CCCCN(CCCC)CCCOc1ccc(C(=O)c2oc3ccc(NS(C)(=O)=O)cc3c2C)cc1.Cl. The van der Waals surface area contributed by atoms with Crippen LogP contribution < -0.4 is 9.46 Å². The molecule has 0 aliphatic heterocycles. The Kier molecular flexibility index (Phi) is 11.9. The number of ketones is 1. The van der Waals surface area contributed by atoms with E-state index in [-0.39, 0.29) is 24.0 Å². The number of carbonyl (C=O) groups excluding carboxylic acids is 1. The highest BCUT2D eigenvalue weighted by Crippen LogP contribution is 2.30. The second-order valence-electron chi connectivity index (χ2n) is 9.25. The third-order valence-corrected chi connectivity index (χ3v) is 6.71. The van der Waals surface area contributed by atoms with Gasteiger partial charge in [-0.3, -0.25) is 9.52 Å². The van der Waals surface area contributed by atoms with E-state index >= 15 is 0 Å². The number of hydrogen-bond donors (Lipinski definition) is 1. The van der Waals surface area contributed by atoms with Gasteiger partial charge in [-0.15, -0.1) is 12.4 Å². The number of aryl methyl sites for hydroxylation is 1. The van der Waals surface area contributed by atoms with Crippen LogP contribution in [0.2, 0.25) is 0 Å². The molecule has 1 aromatic heterocycles. The number of furan rings is 1. The van der Waals surface area contributed by atoms with Crippen molar-refractivity contribution in [1.82, 2.24) is 4.90 Å². The molecular weight excluding hydrogens is 512 g/mol. The Balaban J connectivity index is 0.00000481. The quantitative estimate of drug-likeness (QED) is 0.173. The van der Waals surface area contributed by atoms with E-state index in [1.165, 1.54) is 25.7 Å². The minimum atomic E-state index is -3.40. The van der Waals surface area contributed by atoms with Gasteiger partial charge < -0.3 is 14.1 Å². The first-order valence-corrected chi connectivity index (χ1v) is 14.6. The molecule has 0 amide bonds. The highest BCUT2D eigenvalue weighted by molar-refractivity contribution is 7.92. The normalized spacial score (nSPS) is 11.5. The molecule has 0 atom stereocenters. The van der Waals surface area contributed by atoms with E-state index in [2.05, 4.69) is 23.5 Å². The van der Waals surface area contributed by atoms with Crippen molar-refractivity contribution in [2.45, 2.75) is 52.9 Å². The number of unbranched alkanes of at least 4 members (excludes halogenated alkanes) is 2. The first kappa shape index (κ1) is 30.7. The lowest BCUT2D eigenvalue weighted by molar-refractivity contribution is 0.101. The zero-order chi connectivity index (χ0) is 26.1. The van der Waals surface area contributed by atoms with Gasteiger partial charge in [0, 0.05) is 28.7 Å². The van der Waals surface area contributed by atoms with Crippen molar-refractivity contribution in [3.63, 3.8) is 0 Å². The number of halogens is 1. The van der Waals surface area contributed by atoms with Gasteiger partial charge in [-0.05, 0) is 81.7 Å². The van der Waals surface area contributed by atoms with Gasteiger partial charge in [0.2, 0.25) is 15.8 Å². The maximum absolute atomic E-state index is 13.1. The van der Waals surface area contributed by atoms with Crippen LogP contribution in [-0.2, 0) is 10.0 Å². The van der Waals surface area contributed by atoms with Crippen molar-refractivity contribution < 1.29 is 22.4 Å². The fraction of sp³-hybridized carbons (Fsp3) is 0.464. The summed E-state index contributed by atoms with van der Waals surface area (Å²) >= 11 is 0. The minimum Gasteiger partial charge on any atom is -0.494 e. The molecule has 0 radical (unpaired) electrons. The summed E-state index contributed by atoms with van der Waals surface area (Å²) in [7, 11) is -3.40. The molecule has 2 aromatic carbocycles. The molecule has 0 bridgehead atoms. The lowest BCUT2D eigenvalue weighted by atomic mass is 10.0. The Morgan fingerprint density at radius 2 is 1.59 bits per heavy atom. The number of nitrogens with zero attached hydrogens (tertiary/aromatic N) is 1. The summed E-state index contributed by atoms with van der Waals surface area (Å²) in [6.45, 7) is 10.2. The Morgan fingerprint density at radius 3 is 2.19 bits per heavy atom. The minimum absolute atomic E-state index is 0. The van der Waals surface area contributed by atoms with Crippen LogP contribution in [0.3, 0.4) is 0 Å². The fourth-order valence-electron chi connectivity index (χ4n) is 4.13. The van der Waals surface area contributed by atoms with Crippen molar-refractivity contribution in [2.24, 2.45) is 0 Å². The van der Waals surface area contributed by atoms with E-state index in [0.29, 0.717) is 34.4 Å². The average Bonchev–Trinajstić information content (AvgIpc) is 3.17. The van der Waals surface area contributed by atoms with Crippen molar-refractivity contribution in [2.75, 3.05) is 37.2 Å². The van der Waals surface area contributed by atoms with Crippen LogP contribution in [0.4, 0.5) is 5.69 Å². The van der Waals surface area contributed by atoms with E-state index in [4.69, 9.17) is 9.15 Å². The predicted octanol–water partition coefficient (Wildman–Crippen LogP) is 6.44. The van der Waals surface area contributed by atoms with Crippen LogP contribution >= 0.6 is 12.4 Å². The summed E-state index contributed by atoms with van der Waals surface area (Å²) in [5, 5.41) is 0.693. The molecular formula is C28H39ClN2O5S. The predicted molar refractivity (Wildman–Crippen MR) is 153 cm³/mol. The van der Waals surface area contributed by atoms with Crippen LogP contribution in [0.15, 0.2) is 46.9 Å². The van der Waals surface area contributed by atoms with E-state index in [1.807, 2.05) is 12.1 Å². The summed E-state index contributed by atoms with van der Waals surface area (Å²) < 4.78 is 37.3. The molecule has 3 aromatic rings. The number of sulfonamides is 1. The Morgan fingerprint density at radius 1 is 0.973 bits per heavy atom. The third kappa shape index (κ3) is 9.05. The average molecular weight is 551 g/mol. The molecule has 0 fully saturated rings. The largest absolute Gasteiger partial charge is 0.494 e. The van der Waals surface area contributed by atoms with Crippen LogP contribution in [0, 0.1) is 6.92 Å². The van der Waals surface area contributed by atoms with E-state index in [1.54, 1.807) is 37.3 Å². The van der Waals surface area contributed by atoms with Crippen molar-refractivity contribution in [3.05, 3.63) is 59.4 Å². The van der Waals surface area contributed by atoms with Gasteiger partial charge in [0.15, 0.2) is 5.76 Å². The van der Waals surface area contributed by atoms with Crippen LogP contribution in [0.25, 0.3) is 11.0 Å². The van der Waals surface area contributed by atoms with Crippen molar-refractivity contribution in [3.8, 4) is 5.75 Å². The maximum Gasteiger partial charge on any atom is 0.229 e. The number of ether oxygens (including phenoxy) is 1. The van der Waals surface area contributed by atoms with Gasteiger partial charge in [-0.2, -0.15) is 0 Å². The number of rotatable bonds is 15. The fourth-order valence-corrected chi connectivity index (χ4v) is 4.68. The van der Waals surface area contributed by atoms with Crippen molar-refractivity contribution in [1.29, 1.82) is 0 Å². The van der Waals surface area contributed by atoms with Gasteiger partial charge in [-0.25, -0.2) is 8.42 Å². The summed E-state index contributed by atoms with van der Waals surface area (Å²) in [6, 6.07) is 12.1. The first-order valence-electron chi connectivity index (χ1n) is 12.7. The Labute approximate surface area is 227 Å². The lowest BCUT2D eigenvalue weighted by Crippen LogP contribution is -2.28. The standard InChI is InChI=1S/C28H38N2O5S.ClH/c1-5-7-16-30(17-8-6-2)18-9-19-34-24-13-10-22(11-14-24)27(31)28-21(3)25-20-23(29-36(4,32)33)12-15-26(25)35-28;/h10-15,20,29H,5-9,16-19H2,1-4H3;1H. The molecule has 0 aliphatic carbocycles. The molecule has 0 spiro atoms. The highest BCUT2D eigenvalue weighted by atomic mass is 35.5. The molecule has 1 heterocycles. The summed E-state index contributed by atoms with van der Waals surface area (Å²) in [4.78, 5) is 15.6. The number of hydrogen-bond acceptors (Lipinski definition) is 6. The first-order chi connectivity index (χ1) is 17.2. The number of carbonyl (C=O) groups is 1. The number of benzene rings is 2. The summed E-state index contributed by atoms with van der Waals surface area (Å²) in [6.07, 6.45) is 6.92. The van der Waals surface area contributed by atoms with Crippen LogP contribution in [0.1, 0.15) is 67.6 Å². The van der Waals surface area contributed by atoms with Gasteiger partial charge in [-0.1, -0.05) is 26.7 Å². The molecule has 7 nitrogen and oxygen atoms in total. The molecule has 9 heteroatoms. The van der Waals surface area contributed by atoms with Gasteiger partial charge in [0.05, 0.1) is 12.9 Å². The zero-order valence-corrected chi connectivity index (χ0v) is 23.8. The van der Waals surface area contributed by atoms with Crippen LogP contribution in [0.5, 0.6) is 5.75 Å². The number of anilines is 1. The van der Waals surface area contributed by atoms with Crippen LogP contribution in [-0.4, -0.2) is 51.6 Å². The van der Waals surface area contributed by atoms with E-state index in [9.17, 15) is 13.2 Å². The van der Waals surface area contributed by atoms with Gasteiger partial charge in [0.1, 0.15) is 11.3 Å². The molecule has 0 unspecified atom stereocenters.